The quantitative estimate of drug-likeness (QED) is 0.543. The number of nitrogens with one attached hydrogen (secondary N) is 1. The summed E-state index contributed by atoms with van der Waals surface area (Å²) in [4.78, 5) is 43.5. The largest absolute Gasteiger partial charge is 0.328 e. The van der Waals surface area contributed by atoms with E-state index < -0.39 is 23.4 Å². The Kier molecular flexibility index (Phi) is 6.45. The summed E-state index contributed by atoms with van der Waals surface area (Å²) >= 11 is 0. The van der Waals surface area contributed by atoms with Gasteiger partial charge in [-0.15, -0.1) is 5.10 Å². The van der Waals surface area contributed by atoms with Crippen LogP contribution in [0.1, 0.15) is 42.7 Å². The SMILES string of the molecule is CC(C)C[C@@H](C(=O)N1C[C@]2(C[C@H]1C#N)C(=O)Nc1ccccc12)N(C)C(=O)c1cn(-c2ccccc2)nn1. The van der Waals surface area contributed by atoms with Crippen LogP contribution in [0.2, 0.25) is 0 Å². The van der Waals surface area contributed by atoms with Crippen LogP contribution >= 0.6 is 0 Å². The Morgan fingerprint density at radius 2 is 1.89 bits per heavy atom. The Morgan fingerprint density at radius 3 is 2.61 bits per heavy atom. The first-order valence-electron chi connectivity index (χ1n) is 12.6. The van der Waals surface area contributed by atoms with Gasteiger partial charge in [0.1, 0.15) is 12.1 Å². The number of benzene rings is 2. The third kappa shape index (κ3) is 4.20. The van der Waals surface area contributed by atoms with Gasteiger partial charge >= 0.3 is 0 Å². The summed E-state index contributed by atoms with van der Waals surface area (Å²) in [5, 5.41) is 21.0. The van der Waals surface area contributed by atoms with Crippen LogP contribution in [0, 0.1) is 17.2 Å². The van der Waals surface area contributed by atoms with Crippen molar-refractivity contribution in [2.75, 3.05) is 18.9 Å². The number of likely N-dealkylation sites (N-methyl/N-ethyl adjacent to an activating group) is 1. The molecule has 2 aliphatic rings. The zero-order valence-electron chi connectivity index (χ0n) is 21.5. The number of aromatic nitrogens is 3. The molecule has 3 aromatic rings. The standard InChI is InChI=1S/C28H29N7O3/c1-18(2)13-24(33(3)25(36)23-16-35(32-31-23)19-9-5-4-6-10-19)26(37)34-17-28(14-20(34)15-29)21-11-7-8-12-22(21)30-27(28)38/h4-12,16,18,20,24H,13-14,17H2,1-3H3,(H,30,38)/t20-,24-,28-/m0/s1. The molecule has 1 aromatic heterocycles. The molecule has 0 saturated carbocycles. The summed E-state index contributed by atoms with van der Waals surface area (Å²) < 4.78 is 1.51. The Morgan fingerprint density at radius 1 is 1.18 bits per heavy atom. The van der Waals surface area contributed by atoms with Crippen molar-refractivity contribution in [1.29, 1.82) is 5.26 Å². The van der Waals surface area contributed by atoms with E-state index in [1.165, 1.54) is 20.7 Å². The molecule has 1 spiro atoms. The summed E-state index contributed by atoms with van der Waals surface area (Å²) in [6.45, 7) is 4.02. The number of carbonyl (C=O) groups is 3. The Balaban J connectivity index is 1.42. The number of rotatable bonds is 6. The van der Waals surface area contributed by atoms with Gasteiger partial charge in [-0.25, -0.2) is 4.68 Å². The molecule has 0 bridgehead atoms. The van der Waals surface area contributed by atoms with Crippen LogP contribution in [0.25, 0.3) is 5.69 Å². The predicted molar refractivity (Wildman–Crippen MR) is 139 cm³/mol. The number of carbonyl (C=O) groups excluding carboxylic acids is 3. The van der Waals surface area contributed by atoms with Crippen LogP contribution in [-0.2, 0) is 15.0 Å². The van der Waals surface area contributed by atoms with Gasteiger partial charge in [0.25, 0.3) is 5.91 Å². The van der Waals surface area contributed by atoms with Crippen molar-refractivity contribution in [3.05, 3.63) is 72.1 Å². The number of para-hydroxylation sites is 2. The van der Waals surface area contributed by atoms with Crippen molar-refractivity contribution >= 4 is 23.4 Å². The number of hydrogen-bond acceptors (Lipinski definition) is 6. The molecule has 38 heavy (non-hydrogen) atoms. The summed E-state index contributed by atoms with van der Waals surface area (Å²) in [7, 11) is 1.57. The first-order valence-corrected chi connectivity index (χ1v) is 12.6. The molecule has 0 unspecified atom stereocenters. The second kappa shape index (κ2) is 9.74. The van der Waals surface area contributed by atoms with Crippen LogP contribution in [-0.4, -0.2) is 68.2 Å². The number of nitriles is 1. The monoisotopic (exact) mass is 511 g/mol. The first kappa shape index (κ1) is 25.1. The van der Waals surface area contributed by atoms with E-state index in [0.29, 0.717) is 12.1 Å². The van der Waals surface area contributed by atoms with E-state index in [2.05, 4.69) is 21.7 Å². The van der Waals surface area contributed by atoms with Gasteiger partial charge in [0, 0.05) is 25.7 Å². The van der Waals surface area contributed by atoms with Gasteiger partial charge in [-0.3, -0.25) is 14.4 Å². The number of amides is 3. The lowest BCUT2D eigenvalue weighted by atomic mass is 9.80. The van der Waals surface area contributed by atoms with Gasteiger partial charge in [0.2, 0.25) is 11.8 Å². The minimum absolute atomic E-state index is 0.0771. The molecule has 0 radical (unpaired) electrons. The number of likely N-dealkylation sites (tertiary alicyclic amines) is 1. The van der Waals surface area contributed by atoms with Crippen LogP contribution in [0.5, 0.6) is 0 Å². The smallest absolute Gasteiger partial charge is 0.276 e. The number of anilines is 1. The maximum Gasteiger partial charge on any atom is 0.276 e. The fourth-order valence-corrected chi connectivity index (χ4v) is 5.44. The highest BCUT2D eigenvalue weighted by atomic mass is 16.2. The van der Waals surface area contributed by atoms with E-state index in [9.17, 15) is 19.6 Å². The summed E-state index contributed by atoms with van der Waals surface area (Å²) in [6, 6.07) is 17.3. The topological polar surface area (TPSA) is 124 Å². The number of fused-ring (bicyclic) bond motifs is 2. The van der Waals surface area contributed by atoms with E-state index >= 15 is 0 Å². The normalized spacial score (nSPS) is 20.8. The van der Waals surface area contributed by atoms with Crippen molar-refractivity contribution in [2.24, 2.45) is 5.92 Å². The maximum atomic E-state index is 14.0. The van der Waals surface area contributed by atoms with E-state index in [4.69, 9.17) is 0 Å². The fraction of sp³-hybridized carbons (Fsp3) is 0.357. The van der Waals surface area contributed by atoms with Crippen LogP contribution < -0.4 is 5.32 Å². The zero-order valence-corrected chi connectivity index (χ0v) is 21.5. The Bertz CT molecular complexity index is 1430. The molecule has 1 fully saturated rings. The molecule has 3 amide bonds. The van der Waals surface area contributed by atoms with Gasteiger partial charge in [-0.2, -0.15) is 5.26 Å². The Hall–Kier alpha value is -4.52. The molecule has 0 aliphatic carbocycles. The lowest BCUT2D eigenvalue weighted by molar-refractivity contribution is -0.136. The highest BCUT2D eigenvalue weighted by Crippen LogP contribution is 2.46. The molecule has 5 rings (SSSR count). The average molecular weight is 512 g/mol. The average Bonchev–Trinajstić information content (AvgIpc) is 3.64. The van der Waals surface area contributed by atoms with Gasteiger partial charge < -0.3 is 15.1 Å². The predicted octanol–water partition coefficient (Wildman–Crippen LogP) is 2.77. The first-order chi connectivity index (χ1) is 18.2. The van der Waals surface area contributed by atoms with Crippen molar-refractivity contribution < 1.29 is 14.4 Å². The van der Waals surface area contributed by atoms with Crippen molar-refractivity contribution in [1.82, 2.24) is 24.8 Å². The maximum absolute atomic E-state index is 14.0. The number of hydrogen-bond donors (Lipinski definition) is 1. The lowest BCUT2D eigenvalue weighted by Gasteiger charge is -2.33. The van der Waals surface area contributed by atoms with E-state index in [0.717, 1.165) is 11.3 Å². The van der Waals surface area contributed by atoms with Crippen LogP contribution in [0.15, 0.2) is 60.8 Å². The Labute approximate surface area is 220 Å². The van der Waals surface area contributed by atoms with E-state index in [1.54, 1.807) is 7.05 Å². The van der Waals surface area contributed by atoms with Crippen molar-refractivity contribution in [2.45, 2.75) is 44.2 Å². The highest BCUT2D eigenvalue weighted by Gasteiger charge is 2.56. The molecule has 3 atom stereocenters. The summed E-state index contributed by atoms with van der Waals surface area (Å²) in [5.74, 6) is -0.924. The zero-order chi connectivity index (χ0) is 27.0. The van der Waals surface area contributed by atoms with Gasteiger partial charge in [-0.1, -0.05) is 55.5 Å². The van der Waals surface area contributed by atoms with Gasteiger partial charge in [0.15, 0.2) is 5.69 Å². The minimum atomic E-state index is -0.990. The van der Waals surface area contributed by atoms with Gasteiger partial charge in [-0.05, 0) is 36.1 Å². The molecule has 3 heterocycles. The molecule has 10 heteroatoms. The molecular formula is C28H29N7O3. The fourth-order valence-electron chi connectivity index (χ4n) is 5.44. The lowest BCUT2D eigenvalue weighted by Crippen LogP contribution is -2.52. The van der Waals surface area contributed by atoms with Gasteiger partial charge in [0.05, 0.1) is 23.4 Å². The van der Waals surface area contributed by atoms with E-state index in [-0.39, 0.29) is 36.4 Å². The minimum Gasteiger partial charge on any atom is -0.328 e. The molecule has 2 aromatic carbocycles. The molecule has 10 nitrogen and oxygen atoms in total. The molecule has 1 N–H and O–H groups in total. The van der Waals surface area contributed by atoms with Crippen LogP contribution in [0.4, 0.5) is 5.69 Å². The second-order valence-corrected chi connectivity index (χ2v) is 10.3. The summed E-state index contributed by atoms with van der Waals surface area (Å²) in [6.07, 6.45) is 2.13. The van der Waals surface area contributed by atoms with Crippen LogP contribution in [0.3, 0.4) is 0 Å². The molecule has 1 saturated heterocycles. The van der Waals surface area contributed by atoms with E-state index in [1.807, 2.05) is 68.4 Å². The third-order valence-electron chi connectivity index (χ3n) is 7.42. The molecule has 2 aliphatic heterocycles. The highest BCUT2D eigenvalue weighted by molar-refractivity contribution is 6.07. The van der Waals surface area contributed by atoms with Crippen molar-refractivity contribution in [3.8, 4) is 11.8 Å². The number of nitrogens with zero attached hydrogens (tertiary/aromatic N) is 6. The molecular weight excluding hydrogens is 482 g/mol. The third-order valence-corrected chi connectivity index (χ3v) is 7.42. The molecule has 194 valence electrons. The van der Waals surface area contributed by atoms with Crippen molar-refractivity contribution in [3.63, 3.8) is 0 Å². The summed E-state index contributed by atoms with van der Waals surface area (Å²) in [5.41, 5.74) is 1.37. The second-order valence-electron chi connectivity index (χ2n) is 10.3.